The van der Waals surface area contributed by atoms with Gasteiger partial charge in [0.15, 0.2) is 5.92 Å². The van der Waals surface area contributed by atoms with E-state index in [-0.39, 0.29) is 19.2 Å². The number of hydrogen-bond acceptors (Lipinski definition) is 4. The van der Waals surface area contributed by atoms with Crippen LogP contribution in [0.4, 0.5) is 4.39 Å². The Labute approximate surface area is 140 Å². The summed E-state index contributed by atoms with van der Waals surface area (Å²) < 4.78 is 18.8. The molecule has 0 aromatic heterocycles. The number of carbonyl (C=O) groups excluding carboxylic acids is 1. The molecule has 23 heavy (non-hydrogen) atoms. The van der Waals surface area contributed by atoms with Gasteiger partial charge in [0.25, 0.3) is 0 Å². The number of nitrogens with one attached hydrogen (secondary N) is 1. The zero-order chi connectivity index (χ0) is 17.4. The summed E-state index contributed by atoms with van der Waals surface area (Å²) in [6.07, 6.45) is 1.24. The van der Waals surface area contributed by atoms with E-state index in [9.17, 15) is 9.18 Å². The van der Waals surface area contributed by atoms with Crippen LogP contribution in [0.25, 0.3) is 0 Å². The van der Waals surface area contributed by atoms with Gasteiger partial charge in [-0.05, 0) is 19.1 Å². The lowest BCUT2D eigenvalue weighted by Crippen LogP contribution is -3.06. The second-order valence-electron chi connectivity index (χ2n) is 5.14. The molecule has 0 spiro atoms. The van der Waals surface area contributed by atoms with Crippen molar-refractivity contribution in [1.82, 2.24) is 0 Å². The molecule has 1 aromatic rings. The van der Waals surface area contributed by atoms with Gasteiger partial charge in [0.2, 0.25) is 0 Å². The van der Waals surface area contributed by atoms with Crippen LogP contribution in [-0.4, -0.2) is 39.4 Å². The number of likely N-dealkylation sites (N-methyl/N-ethyl adjacent to an activating group) is 1. The first-order valence-corrected chi connectivity index (χ1v) is 7.60. The lowest BCUT2D eigenvalue weighted by atomic mass is 10.1. The highest BCUT2D eigenvalue weighted by Gasteiger charge is 2.24. The third-order valence-electron chi connectivity index (χ3n) is 3.27. The van der Waals surface area contributed by atoms with Crippen LogP contribution in [-0.2, 0) is 9.53 Å². The average Bonchev–Trinajstić information content (AvgIpc) is 2.49. The van der Waals surface area contributed by atoms with E-state index >= 15 is 0 Å². The van der Waals surface area contributed by atoms with E-state index in [4.69, 9.17) is 21.6 Å². The molecule has 1 aromatic carbocycles. The molecule has 1 N–H and O–H groups in total. The normalized spacial score (nSPS) is 13.8. The quantitative estimate of drug-likeness (QED) is 0.603. The van der Waals surface area contributed by atoms with Gasteiger partial charge >= 0.3 is 5.97 Å². The van der Waals surface area contributed by atoms with Gasteiger partial charge in [-0.3, -0.25) is 9.79 Å². The largest absolute Gasteiger partial charge is 0.465 e. The highest BCUT2D eigenvalue weighted by atomic mass is 35.5. The predicted octanol–water partition coefficient (Wildman–Crippen LogP) is 1.44. The maximum Gasteiger partial charge on any atom is 0.328 e. The molecule has 5 nitrogen and oxygen atoms in total. The Hall–Kier alpha value is -1.97. The van der Waals surface area contributed by atoms with Gasteiger partial charge in [-0.25, -0.2) is 4.39 Å². The maximum atomic E-state index is 14.1. The smallest absolute Gasteiger partial charge is 0.328 e. The van der Waals surface area contributed by atoms with E-state index in [1.54, 1.807) is 19.1 Å². The van der Waals surface area contributed by atoms with E-state index < -0.39 is 17.7 Å². The van der Waals surface area contributed by atoms with Crippen LogP contribution in [0.3, 0.4) is 0 Å². The number of rotatable bonds is 7. The first-order chi connectivity index (χ1) is 10.9. The minimum Gasteiger partial charge on any atom is -0.465 e. The Kier molecular flexibility index (Phi) is 7.66. The number of halogens is 2. The molecule has 0 saturated heterocycles. The monoisotopic (exact) mass is 340 g/mol. The van der Waals surface area contributed by atoms with E-state index in [1.807, 2.05) is 20.2 Å². The maximum absolute atomic E-state index is 14.1. The third kappa shape index (κ3) is 5.31. The van der Waals surface area contributed by atoms with Crippen LogP contribution in [0.5, 0.6) is 0 Å². The van der Waals surface area contributed by atoms with Gasteiger partial charge < -0.3 is 9.64 Å². The summed E-state index contributed by atoms with van der Waals surface area (Å²) in [5.74, 6) is -2.11. The molecule has 124 valence electrons. The average molecular weight is 341 g/mol. The fourth-order valence-corrected chi connectivity index (χ4v) is 2.35. The fraction of sp³-hybridized carbons (Fsp3) is 0.438. The first-order valence-electron chi connectivity index (χ1n) is 7.22. The van der Waals surface area contributed by atoms with Crippen LogP contribution in [0.2, 0.25) is 5.02 Å². The zero-order valence-corrected chi connectivity index (χ0v) is 14.1. The van der Waals surface area contributed by atoms with Gasteiger partial charge in [0.05, 0.1) is 43.9 Å². The molecule has 1 rings (SSSR count). The zero-order valence-electron chi connectivity index (χ0n) is 13.3. The number of nitrogens with zero attached hydrogens (tertiary/aromatic N) is 2. The predicted molar refractivity (Wildman–Crippen MR) is 86.1 cm³/mol. The molecule has 0 unspecified atom stereocenters. The van der Waals surface area contributed by atoms with Gasteiger partial charge in [-0.2, -0.15) is 5.26 Å². The highest BCUT2D eigenvalue weighted by molar-refractivity contribution is 6.31. The molecular formula is C16H20ClFN3O2+. The van der Waals surface area contributed by atoms with Crippen molar-refractivity contribution in [3.63, 3.8) is 0 Å². The van der Waals surface area contributed by atoms with Crippen molar-refractivity contribution in [2.75, 3.05) is 27.2 Å². The minimum absolute atomic E-state index is 0.195. The number of carbonyl (C=O) groups is 1. The molecule has 0 heterocycles. The molecule has 7 heteroatoms. The van der Waals surface area contributed by atoms with Crippen molar-refractivity contribution in [2.45, 2.75) is 13.0 Å². The molecule has 0 bridgehead atoms. The number of ether oxygens (including phenoxy) is 1. The van der Waals surface area contributed by atoms with Crippen LogP contribution < -0.4 is 4.90 Å². The number of benzene rings is 1. The van der Waals surface area contributed by atoms with E-state index in [0.717, 1.165) is 4.90 Å². The Morgan fingerprint density at radius 2 is 2.26 bits per heavy atom. The lowest BCUT2D eigenvalue weighted by Gasteiger charge is -2.21. The molecule has 0 amide bonds. The van der Waals surface area contributed by atoms with Crippen molar-refractivity contribution in [2.24, 2.45) is 10.9 Å². The molecular weight excluding hydrogens is 321 g/mol. The number of nitriles is 1. The molecule has 2 atom stereocenters. The van der Waals surface area contributed by atoms with E-state index in [1.165, 1.54) is 12.3 Å². The van der Waals surface area contributed by atoms with Crippen LogP contribution >= 0.6 is 11.6 Å². The molecule has 0 fully saturated rings. The second kappa shape index (κ2) is 9.23. The summed E-state index contributed by atoms with van der Waals surface area (Å²) in [5, 5.41) is 9.30. The number of hydrogen-bond donors (Lipinski definition) is 1. The Balaban J connectivity index is 2.92. The van der Waals surface area contributed by atoms with Gasteiger partial charge in [-0.1, -0.05) is 17.7 Å². The second-order valence-corrected chi connectivity index (χ2v) is 5.55. The standard InChI is InChI=1S/C16H19ClFN3O2/c1-4-23-16(22)11(8-19)9-20-10-14(21(2)3)15-12(17)6-5-7-13(15)18/h5-7,9,11,14H,4,10H2,1-3H3/p+1/t11-,14+/m0/s1. The van der Waals surface area contributed by atoms with E-state index in [2.05, 4.69) is 4.99 Å². The summed E-state index contributed by atoms with van der Waals surface area (Å²) in [6.45, 7) is 2.05. The Morgan fingerprint density at radius 1 is 1.57 bits per heavy atom. The van der Waals surface area contributed by atoms with Crippen molar-refractivity contribution in [3.05, 3.63) is 34.6 Å². The molecule has 0 radical (unpaired) electrons. The first kappa shape index (κ1) is 19.1. The van der Waals surface area contributed by atoms with E-state index in [0.29, 0.717) is 10.6 Å². The minimum atomic E-state index is -1.07. The van der Waals surface area contributed by atoms with Crippen LogP contribution in [0.1, 0.15) is 18.5 Å². The number of aliphatic imine (C=N–C) groups is 1. The van der Waals surface area contributed by atoms with Crippen molar-refractivity contribution in [1.29, 1.82) is 5.26 Å². The number of quaternary nitrogens is 1. The summed E-state index contributed by atoms with van der Waals surface area (Å²) in [5.41, 5.74) is 0.371. The van der Waals surface area contributed by atoms with Crippen LogP contribution in [0, 0.1) is 23.1 Å². The molecule has 0 aliphatic heterocycles. The summed E-state index contributed by atoms with van der Waals surface area (Å²) in [6, 6.07) is 6.00. The van der Waals surface area contributed by atoms with Gasteiger partial charge in [-0.15, -0.1) is 0 Å². The molecule has 0 saturated carbocycles. The van der Waals surface area contributed by atoms with Crippen molar-refractivity contribution in [3.8, 4) is 6.07 Å². The lowest BCUT2D eigenvalue weighted by molar-refractivity contribution is -0.890. The fourth-order valence-electron chi connectivity index (χ4n) is 2.06. The molecule has 0 aliphatic rings. The molecule has 0 aliphatic carbocycles. The van der Waals surface area contributed by atoms with Crippen molar-refractivity contribution < 1.29 is 18.8 Å². The summed E-state index contributed by atoms with van der Waals surface area (Å²) in [7, 11) is 3.71. The Morgan fingerprint density at radius 3 is 2.78 bits per heavy atom. The summed E-state index contributed by atoms with van der Waals surface area (Å²) in [4.78, 5) is 16.6. The topological polar surface area (TPSA) is 66.9 Å². The SMILES string of the molecule is CCOC(=O)[C@@H](C#N)C=NC[C@H](c1c(F)cccc1Cl)[NH+](C)C. The number of esters is 1. The van der Waals surface area contributed by atoms with Crippen LogP contribution in [0.15, 0.2) is 23.2 Å². The van der Waals surface area contributed by atoms with Crippen molar-refractivity contribution >= 4 is 23.8 Å². The van der Waals surface area contributed by atoms with Gasteiger partial charge in [0, 0.05) is 6.21 Å². The third-order valence-corrected chi connectivity index (χ3v) is 3.60. The highest BCUT2D eigenvalue weighted by Crippen LogP contribution is 2.24. The van der Waals surface area contributed by atoms with Gasteiger partial charge in [0.1, 0.15) is 11.9 Å². The summed E-state index contributed by atoms with van der Waals surface area (Å²) >= 11 is 6.10. The Bertz CT molecular complexity index is 594.